The molecule has 0 heterocycles. The van der Waals surface area contributed by atoms with Crippen molar-refractivity contribution in [3.8, 4) is 0 Å². The molecule has 0 fully saturated rings. The fourth-order valence-corrected chi connectivity index (χ4v) is 3.48. The zero-order valence-electron chi connectivity index (χ0n) is 19.7. The number of aromatic carboxylic acids is 1. The zero-order chi connectivity index (χ0) is 25.2. The number of amides is 2. The quantitative estimate of drug-likeness (QED) is 0.343. The van der Waals surface area contributed by atoms with Gasteiger partial charge in [0.2, 0.25) is 0 Å². The van der Waals surface area contributed by atoms with Crippen LogP contribution >= 0.6 is 23.2 Å². The molecule has 0 unspecified atom stereocenters. The van der Waals surface area contributed by atoms with E-state index in [9.17, 15) is 14.7 Å². The SMILES string of the molecule is Cc1ccc(Cl)c(Nc2ccccc2C(=O)[O-])c1Cl.O=C(Nc1ccccc1)Nc1ccccc1.[Na+]. The fourth-order valence-electron chi connectivity index (χ4n) is 3.01. The van der Waals surface area contributed by atoms with Gasteiger partial charge in [-0.15, -0.1) is 0 Å². The first-order chi connectivity index (χ1) is 16.8. The molecule has 178 valence electrons. The Balaban J connectivity index is 0.000000250. The van der Waals surface area contributed by atoms with Crippen LogP contribution in [0.1, 0.15) is 15.9 Å². The van der Waals surface area contributed by atoms with Gasteiger partial charge in [0.15, 0.2) is 0 Å². The molecule has 0 aromatic heterocycles. The van der Waals surface area contributed by atoms with Crippen LogP contribution in [0.3, 0.4) is 0 Å². The van der Waals surface area contributed by atoms with Crippen molar-refractivity contribution in [3.63, 3.8) is 0 Å². The van der Waals surface area contributed by atoms with Gasteiger partial charge in [-0.05, 0) is 48.9 Å². The summed E-state index contributed by atoms with van der Waals surface area (Å²) in [6, 6.07) is 28.3. The molecule has 0 spiro atoms. The second-order valence-corrected chi connectivity index (χ2v) is 8.11. The number of urea groups is 1. The number of halogens is 2. The average molecular weight is 530 g/mol. The number of aryl methyl sites for hydroxylation is 1. The van der Waals surface area contributed by atoms with Crippen molar-refractivity contribution in [2.24, 2.45) is 0 Å². The van der Waals surface area contributed by atoms with E-state index in [0.29, 0.717) is 21.4 Å². The third-order valence-corrected chi connectivity index (χ3v) is 5.56. The van der Waals surface area contributed by atoms with E-state index in [1.54, 1.807) is 30.3 Å². The summed E-state index contributed by atoms with van der Waals surface area (Å²) in [5.74, 6) is -1.26. The van der Waals surface area contributed by atoms with Gasteiger partial charge in [-0.3, -0.25) is 0 Å². The minimum atomic E-state index is -1.26. The Hall–Kier alpha value is -3.00. The minimum Gasteiger partial charge on any atom is -0.545 e. The molecule has 4 rings (SSSR count). The molecule has 4 aromatic carbocycles. The summed E-state index contributed by atoms with van der Waals surface area (Å²) in [4.78, 5) is 22.6. The van der Waals surface area contributed by atoms with Gasteiger partial charge in [-0.2, -0.15) is 0 Å². The van der Waals surface area contributed by atoms with Crippen LogP contribution < -0.4 is 50.6 Å². The van der Waals surface area contributed by atoms with Gasteiger partial charge >= 0.3 is 35.6 Å². The van der Waals surface area contributed by atoms with E-state index >= 15 is 0 Å². The summed E-state index contributed by atoms with van der Waals surface area (Å²) < 4.78 is 0. The zero-order valence-corrected chi connectivity index (χ0v) is 23.2. The largest absolute Gasteiger partial charge is 1.00 e. The molecular formula is C27H22Cl2N3NaO3. The molecule has 4 aromatic rings. The predicted octanol–water partition coefficient (Wildman–Crippen LogP) is 3.74. The Morgan fingerprint density at radius 3 is 1.75 bits per heavy atom. The number of rotatable bonds is 5. The summed E-state index contributed by atoms with van der Waals surface area (Å²) in [6.45, 7) is 1.84. The number of para-hydroxylation sites is 3. The number of carboxylic acids is 1. The van der Waals surface area contributed by atoms with Crippen LogP contribution in [-0.4, -0.2) is 12.0 Å². The van der Waals surface area contributed by atoms with E-state index in [2.05, 4.69) is 16.0 Å². The van der Waals surface area contributed by atoms with Crippen molar-refractivity contribution in [1.29, 1.82) is 0 Å². The summed E-state index contributed by atoms with van der Waals surface area (Å²) in [5.41, 5.74) is 3.32. The van der Waals surface area contributed by atoms with Crippen LogP contribution in [0.15, 0.2) is 97.1 Å². The Bertz CT molecular complexity index is 1260. The number of nitrogens with one attached hydrogen (secondary N) is 3. The number of carbonyl (C=O) groups excluding carboxylic acids is 2. The van der Waals surface area contributed by atoms with Crippen LogP contribution in [-0.2, 0) is 0 Å². The van der Waals surface area contributed by atoms with E-state index in [-0.39, 0.29) is 41.2 Å². The van der Waals surface area contributed by atoms with Gasteiger partial charge in [0.1, 0.15) is 0 Å². The maximum atomic E-state index is 11.6. The standard InChI is InChI=1S/C14H11Cl2NO2.C13H12N2O.Na/c1-8-6-7-10(15)13(12(8)16)17-11-5-3-2-4-9(11)14(18)19;16-13(14-11-7-3-1-4-8-11)15-12-9-5-2-6-10-12;/h2-7,17H,1H3,(H,18,19);1-10H,(H2,14,15,16);/q;;+1/p-1. The molecule has 2 amide bonds. The molecule has 0 saturated carbocycles. The van der Waals surface area contributed by atoms with Gasteiger partial charge in [-0.25, -0.2) is 4.79 Å². The van der Waals surface area contributed by atoms with Crippen molar-refractivity contribution < 1.29 is 44.3 Å². The first-order valence-electron chi connectivity index (χ1n) is 10.5. The third kappa shape index (κ3) is 8.59. The van der Waals surface area contributed by atoms with Crippen molar-refractivity contribution >= 4 is 58.0 Å². The van der Waals surface area contributed by atoms with E-state index < -0.39 is 5.97 Å². The van der Waals surface area contributed by atoms with Crippen LogP contribution in [0.25, 0.3) is 0 Å². The van der Waals surface area contributed by atoms with Crippen molar-refractivity contribution in [1.82, 2.24) is 0 Å². The molecular weight excluding hydrogens is 508 g/mol. The number of carbonyl (C=O) groups is 2. The van der Waals surface area contributed by atoms with Crippen LogP contribution in [0.5, 0.6) is 0 Å². The Kier molecular flexibility index (Phi) is 11.8. The maximum absolute atomic E-state index is 11.6. The first-order valence-corrected chi connectivity index (χ1v) is 11.3. The average Bonchev–Trinajstić information content (AvgIpc) is 2.86. The van der Waals surface area contributed by atoms with Gasteiger partial charge in [-0.1, -0.05) is 83.9 Å². The number of benzene rings is 4. The van der Waals surface area contributed by atoms with E-state index in [4.69, 9.17) is 23.2 Å². The van der Waals surface area contributed by atoms with E-state index in [1.165, 1.54) is 6.07 Å². The third-order valence-electron chi connectivity index (χ3n) is 4.75. The van der Waals surface area contributed by atoms with Crippen molar-refractivity contribution in [3.05, 3.63) is 118 Å². The Morgan fingerprint density at radius 2 is 1.22 bits per heavy atom. The van der Waals surface area contributed by atoms with Gasteiger partial charge in [0.25, 0.3) is 0 Å². The van der Waals surface area contributed by atoms with Crippen LogP contribution in [0.4, 0.5) is 27.5 Å². The van der Waals surface area contributed by atoms with E-state index in [0.717, 1.165) is 16.9 Å². The summed E-state index contributed by atoms with van der Waals surface area (Å²) in [7, 11) is 0. The van der Waals surface area contributed by atoms with Gasteiger partial charge in [0, 0.05) is 22.6 Å². The molecule has 0 bridgehead atoms. The number of carboxylic acid groups (broad SMARTS) is 1. The molecule has 36 heavy (non-hydrogen) atoms. The molecule has 0 aliphatic carbocycles. The van der Waals surface area contributed by atoms with Crippen molar-refractivity contribution in [2.75, 3.05) is 16.0 Å². The van der Waals surface area contributed by atoms with Crippen LogP contribution in [0.2, 0.25) is 10.0 Å². The topological polar surface area (TPSA) is 93.3 Å². The second kappa shape index (κ2) is 14.5. The molecule has 0 aliphatic heterocycles. The summed E-state index contributed by atoms with van der Waals surface area (Å²) >= 11 is 12.2. The first kappa shape index (κ1) is 29.2. The summed E-state index contributed by atoms with van der Waals surface area (Å²) in [6.07, 6.45) is 0. The molecule has 9 heteroatoms. The molecule has 6 nitrogen and oxygen atoms in total. The maximum Gasteiger partial charge on any atom is 1.00 e. The number of hydrogen-bond acceptors (Lipinski definition) is 4. The number of hydrogen-bond donors (Lipinski definition) is 3. The molecule has 0 aliphatic rings. The Morgan fingerprint density at radius 1 is 0.722 bits per heavy atom. The molecule has 0 radical (unpaired) electrons. The van der Waals surface area contributed by atoms with E-state index in [1.807, 2.05) is 67.6 Å². The summed E-state index contributed by atoms with van der Waals surface area (Å²) in [5, 5.41) is 20.3. The Labute approximate surface area is 241 Å². The second-order valence-electron chi connectivity index (χ2n) is 7.32. The predicted molar refractivity (Wildman–Crippen MR) is 141 cm³/mol. The van der Waals surface area contributed by atoms with Gasteiger partial charge < -0.3 is 25.9 Å². The van der Waals surface area contributed by atoms with Crippen LogP contribution in [0, 0.1) is 6.92 Å². The van der Waals surface area contributed by atoms with Crippen molar-refractivity contribution in [2.45, 2.75) is 6.92 Å². The monoisotopic (exact) mass is 529 g/mol. The molecule has 0 saturated heterocycles. The normalized spacial score (nSPS) is 9.64. The van der Waals surface area contributed by atoms with Gasteiger partial charge in [0.05, 0.1) is 21.7 Å². The smallest absolute Gasteiger partial charge is 0.545 e. The molecule has 3 N–H and O–H groups in total. The fraction of sp³-hybridized carbons (Fsp3) is 0.0370. The number of anilines is 4. The molecule has 0 atom stereocenters. The minimum absolute atomic E-state index is 0.